The van der Waals surface area contributed by atoms with Gasteiger partial charge in [-0.3, -0.25) is 4.79 Å². The fraction of sp³-hybridized carbons (Fsp3) is 0.909. The molecule has 0 rings (SSSR count). The summed E-state index contributed by atoms with van der Waals surface area (Å²) in [6.07, 6.45) is 1.92. The van der Waals surface area contributed by atoms with Crippen LogP contribution in [0, 0.1) is 0 Å². The van der Waals surface area contributed by atoms with Gasteiger partial charge in [0.25, 0.3) is 0 Å². The van der Waals surface area contributed by atoms with Crippen LogP contribution in [0.3, 0.4) is 0 Å². The van der Waals surface area contributed by atoms with E-state index in [-0.39, 0.29) is 18.0 Å². The number of rotatable bonds is 8. The van der Waals surface area contributed by atoms with Crippen molar-refractivity contribution in [2.75, 3.05) is 20.3 Å². The first kappa shape index (κ1) is 14.4. The van der Waals surface area contributed by atoms with Gasteiger partial charge in [0.1, 0.15) is 0 Å². The first-order chi connectivity index (χ1) is 7.15. The van der Waals surface area contributed by atoms with Crippen molar-refractivity contribution in [3.8, 4) is 0 Å². The van der Waals surface area contributed by atoms with Crippen LogP contribution in [-0.4, -0.2) is 38.3 Å². The van der Waals surface area contributed by atoms with Crippen LogP contribution in [0.15, 0.2) is 0 Å². The maximum absolute atomic E-state index is 11.5. The van der Waals surface area contributed by atoms with Crippen LogP contribution >= 0.6 is 0 Å². The molecule has 0 aliphatic heterocycles. The molecule has 0 heterocycles. The van der Waals surface area contributed by atoms with E-state index < -0.39 is 0 Å². The van der Waals surface area contributed by atoms with Gasteiger partial charge in [0.05, 0.1) is 12.6 Å². The third-order valence-electron chi connectivity index (χ3n) is 2.29. The first-order valence-corrected chi connectivity index (χ1v) is 5.68. The van der Waals surface area contributed by atoms with E-state index in [4.69, 9.17) is 4.74 Å². The number of ether oxygens (including phenoxy) is 1. The van der Waals surface area contributed by atoms with Crippen molar-refractivity contribution >= 4 is 5.91 Å². The predicted molar refractivity (Wildman–Crippen MR) is 61.9 cm³/mol. The Kier molecular flexibility index (Phi) is 8.33. The minimum atomic E-state index is -0.156. The molecule has 2 N–H and O–H groups in total. The zero-order valence-electron chi connectivity index (χ0n) is 10.3. The minimum Gasteiger partial charge on any atom is -0.383 e. The third kappa shape index (κ3) is 6.47. The number of nitrogens with one attached hydrogen (secondary N) is 2. The maximum atomic E-state index is 11.5. The van der Waals surface area contributed by atoms with Crippen molar-refractivity contribution in [1.82, 2.24) is 10.6 Å². The predicted octanol–water partition coefficient (Wildman–Crippen LogP) is 0.916. The molecule has 1 amide bonds. The Morgan fingerprint density at radius 1 is 1.40 bits per heavy atom. The number of carbonyl (C=O) groups excluding carboxylic acids is 1. The van der Waals surface area contributed by atoms with Crippen molar-refractivity contribution in [3.63, 3.8) is 0 Å². The molecule has 0 aliphatic rings. The number of methoxy groups -OCH3 is 1. The number of amides is 1. The molecule has 0 saturated heterocycles. The number of hydrogen-bond acceptors (Lipinski definition) is 3. The molecule has 2 atom stereocenters. The van der Waals surface area contributed by atoms with Gasteiger partial charge in [-0.1, -0.05) is 13.8 Å². The van der Waals surface area contributed by atoms with Crippen LogP contribution in [-0.2, 0) is 9.53 Å². The third-order valence-corrected chi connectivity index (χ3v) is 2.29. The SMILES string of the molecule is CCCNC(=O)C(C)NC(CC)COC. The Bertz CT molecular complexity index is 174. The summed E-state index contributed by atoms with van der Waals surface area (Å²) in [5.74, 6) is 0.0615. The second-order valence-electron chi connectivity index (χ2n) is 3.74. The van der Waals surface area contributed by atoms with Crippen LogP contribution in [0.5, 0.6) is 0 Å². The van der Waals surface area contributed by atoms with E-state index in [1.54, 1.807) is 7.11 Å². The molecule has 0 fully saturated rings. The zero-order valence-corrected chi connectivity index (χ0v) is 10.3. The van der Waals surface area contributed by atoms with Gasteiger partial charge in [0.2, 0.25) is 5.91 Å². The monoisotopic (exact) mass is 216 g/mol. The Labute approximate surface area is 92.8 Å². The Morgan fingerprint density at radius 2 is 2.07 bits per heavy atom. The van der Waals surface area contributed by atoms with E-state index in [0.29, 0.717) is 6.61 Å². The highest BCUT2D eigenvalue weighted by Gasteiger charge is 2.15. The molecule has 0 aromatic carbocycles. The summed E-state index contributed by atoms with van der Waals surface area (Å²) in [4.78, 5) is 11.5. The van der Waals surface area contributed by atoms with Gasteiger partial charge >= 0.3 is 0 Å². The van der Waals surface area contributed by atoms with Gasteiger partial charge in [-0.15, -0.1) is 0 Å². The molecule has 4 nitrogen and oxygen atoms in total. The Hall–Kier alpha value is -0.610. The molecular formula is C11H24N2O2. The summed E-state index contributed by atoms with van der Waals surface area (Å²) in [6, 6.07) is 0.0917. The van der Waals surface area contributed by atoms with Gasteiger partial charge in [0, 0.05) is 19.7 Å². The van der Waals surface area contributed by atoms with Crippen LogP contribution in [0.25, 0.3) is 0 Å². The van der Waals surface area contributed by atoms with E-state index in [2.05, 4.69) is 17.6 Å². The lowest BCUT2D eigenvalue weighted by atomic mass is 10.2. The van der Waals surface area contributed by atoms with Gasteiger partial charge in [-0.25, -0.2) is 0 Å². The van der Waals surface area contributed by atoms with Crippen molar-refractivity contribution in [2.24, 2.45) is 0 Å². The Balaban J connectivity index is 3.86. The Morgan fingerprint density at radius 3 is 2.53 bits per heavy atom. The lowest BCUT2D eigenvalue weighted by Gasteiger charge is -2.21. The lowest BCUT2D eigenvalue weighted by molar-refractivity contribution is -0.123. The number of carbonyl (C=O) groups is 1. The first-order valence-electron chi connectivity index (χ1n) is 5.68. The summed E-state index contributed by atoms with van der Waals surface area (Å²) in [6.45, 7) is 7.38. The molecule has 2 unspecified atom stereocenters. The van der Waals surface area contributed by atoms with E-state index in [9.17, 15) is 4.79 Å². The minimum absolute atomic E-state index is 0.0615. The molecule has 0 radical (unpaired) electrons. The molecular weight excluding hydrogens is 192 g/mol. The average molecular weight is 216 g/mol. The molecule has 90 valence electrons. The summed E-state index contributed by atoms with van der Waals surface area (Å²) in [5.41, 5.74) is 0. The van der Waals surface area contributed by atoms with E-state index in [1.807, 2.05) is 13.8 Å². The van der Waals surface area contributed by atoms with Crippen LogP contribution < -0.4 is 10.6 Å². The van der Waals surface area contributed by atoms with Crippen LogP contribution in [0.2, 0.25) is 0 Å². The molecule has 0 aromatic rings. The highest BCUT2D eigenvalue weighted by Crippen LogP contribution is 1.94. The zero-order chi connectivity index (χ0) is 11.7. The molecule has 0 bridgehead atoms. The van der Waals surface area contributed by atoms with Crippen molar-refractivity contribution in [2.45, 2.75) is 45.7 Å². The van der Waals surface area contributed by atoms with Crippen molar-refractivity contribution in [3.05, 3.63) is 0 Å². The van der Waals surface area contributed by atoms with Crippen LogP contribution in [0.4, 0.5) is 0 Å². The quantitative estimate of drug-likeness (QED) is 0.634. The molecule has 0 aliphatic carbocycles. The molecule has 0 saturated carbocycles. The van der Waals surface area contributed by atoms with Crippen molar-refractivity contribution < 1.29 is 9.53 Å². The van der Waals surface area contributed by atoms with E-state index in [1.165, 1.54) is 0 Å². The molecule has 15 heavy (non-hydrogen) atoms. The maximum Gasteiger partial charge on any atom is 0.236 e. The number of hydrogen-bond donors (Lipinski definition) is 2. The summed E-state index contributed by atoms with van der Waals surface area (Å²) >= 11 is 0. The fourth-order valence-electron chi connectivity index (χ4n) is 1.32. The second-order valence-corrected chi connectivity index (χ2v) is 3.74. The normalized spacial score (nSPS) is 14.7. The van der Waals surface area contributed by atoms with Gasteiger partial charge in [-0.05, 0) is 19.8 Å². The van der Waals surface area contributed by atoms with E-state index >= 15 is 0 Å². The van der Waals surface area contributed by atoms with Gasteiger partial charge in [-0.2, -0.15) is 0 Å². The highest BCUT2D eigenvalue weighted by molar-refractivity contribution is 5.81. The highest BCUT2D eigenvalue weighted by atomic mass is 16.5. The van der Waals surface area contributed by atoms with Gasteiger partial charge in [0.15, 0.2) is 0 Å². The summed E-state index contributed by atoms with van der Waals surface area (Å²) in [5, 5.41) is 6.10. The molecule has 4 heteroatoms. The van der Waals surface area contributed by atoms with E-state index in [0.717, 1.165) is 19.4 Å². The standard InChI is InChI=1S/C11H24N2O2/c1-5-7-12-11(14)9(3)13-10(6-2)8-15-4/h9-10,13H,5-8H2,1-4H3,(H,12,14). The average Bonchev–Trinajstić information content (AvgIpc) is 2.24. The summed E-state index contributed by atoms with van der Waals surface area (Å²) in [7, 11) is 1.67. The van der Waals surface area contributed by atoms with Crippen molar-refractivity contribution in [1.29, 1.82) is 0 Å². The molecule has 0 aromatic heterocycles. The smallest absolute Gasteiger partial charge is 0.236 e. The summed E-state index contributed by atoms with van der Waals surface area (Å²) < 4.78 is 5.06. The molecule has 0 spiro atoms. The van der Waals surface area contributed by atoms with Crippen LogP contribution in [0.1, 0.15) is 33.6 Å². The largest absolute Gasteiger partial charge is 0.383 e. The topological polar surface area (TPSA) is 50.4 Å². The lowest BCUT2D eigenvalue weighted by Crippen LogP contribution is -2.48. The van der Waals surface area contributed by atoms with Gasteiger partial charge < -0.3 is 15.4 Å². The second kappa shape index (κ2) is 8.68. The fourth-order valence-corrected chi connectivity index (χ4v) is 1.32.